The van der Waals surface area contributed by atoms with Crippen LogP contribution in [-0.2, 0) is 0 Å². The lowest BCUT2D eigenvalue weighted by molar-refractivity contribution is 0.149. The summed E-state index contributed by atoms with van der Waals surface area (Å²) in [5.74, 6) is 1.52. The molecule has 0 bridgehead atoms. The number of hydrogen-bond acceptors (Lipinski definition) is 6. The van der Waals surface area contributed by atoms with Gasteiger partial charge in [-0.25, -0.2) is 14.8 Å². The van der Waals surface area contributed by atoms with E-state index in [0.717, 1.165) is 29.1 Å². The zero-order chi connectivity index (χ0) is 16.4. The number of para-hydroxylation sites is 1. The normalized spacial score (nSPS) is 14.8. The fourth-order valence-corrected chi connectivity index (χ4v) is 3.62. The number of ether oxygens (including phenoxy) is 1. The molecule has 24 heavy (non-hydrogen) atoms. The number of hydrogen-bond donors (Lipinski definition) is 0. The summed E-state index contributed by atoms with van der Waals surface area (Å²) in [6, 6.07) is 11.1. The molecule has 122 valence electrons. The van der Waals surface area contributed by atoms with Crippen molar-refractivity contribution in [3.63, 3.8) is 0 Å². The highest BCUT2D eigenvalue weighted by molar-refractivity contribution is 7.17. The van der Waals surface area contributed by atoms with Gasteiger partial charge in [-0.3, -0.25) is 0 Å². The van der Waals surface area contributed by atoms with Crippen molar-refractivity contribution in [3.8, 4) is 5.75 Å². The lowest BCUT2D eigenvalue weighted by Crippen LogP contribution is -2.49. The van der Waals surface area contributed by atoms with Crippen LogP contribution in [0.5, 0.6) is 5.75 Å². The molecule has 3 aromatic rings. The Bertz CT molecular complexity index is 844. The van der Waals surface area contributed by atoms with Crippen LogP contribution in [0.15, 0.2) is 48.1 Å². The van der Waals surface area contributed by atoms with Crippen LogP contribution in [0.1, 0.15) is 0 Å². The molecule has 1 saturated heterocycles. The second kappa shape index (κ2) is 6.45. The monoisotopic (exact) mass is 340 g/mol. The molecule has 0 saturated carbocycles. The Balaban J connectivity index is 1.41. The van der Waals surface area contributed by atoms with Crippen molar-refractivity contribution < 1.29 is 9.53 Å². The van der Waals surface area contributed by atoms with Gasteiger partial charge in [-0.15, -0.1) is 11.3 Å². The third kappa shape index (κ3) is 2.90. The second-order valence-corrected chi connectivity index (χ2v) is 6.40. The molecule has 4 rings (SSSR count). The van der Waals surface area contributed by atoms with Gasteiger partial charge in [0.15, 0.2) is 0 Å². The van der Waals surface area contributed by atoms with Crippen LogP contribution in [-0.4, -0.2) is 47.1 Å². The van der Waals surface area contributed by atoms with Crippen LogP contribution in [0.2, 0.25) is 0 Å². The number of aromatic nitrogens is 2. The molecule has 0 atom stereocenters. The Morgan fingerprint density at radius 1 is 1.04 bits per heavy atom. The number of carbonyl (C=O) groups excluding carboxylic acids is 1. The molecule has 0 N–H and O–H groups in total. The van der Waals surface area contributed by atoms with Crippen LogP contribution < -0.4 is 9.64 Å². The highest BCUT2D eigenvalue weighted by Crippen LogP contribution is 2.28. The summed E-state index contributed by atoms with van der Waals surface area (Å²) in [6.07, 6.45) is 1.30. The summed E-state index contributed by atoms with van der Waals surface area (Å²) in [5, 5.41) is 2.02. The number of amides is 1. The fraction of sp³-hybridized carbons (Fsp3) is 0.235. The molecule has 1 aliphatic rings. The minimum Gasteiger partial charge on any atom is -0.410 e. The predicted molar refractivity (Wildman–Crippen MR) is 93.7 cm³/mol. The first-order valence-electron chi connectivity index (χ1n) is 7.76. The van der Waals surface area contributed by atoms with E-state index in [4.69, 9.17) is 4.74 Å². The molecule has 1 amide bonds. The van der Waals surface area contributed by atoms with Gasteiger partial charge in [0.25, 0.3) is 0 Å². The van der Waals surface area contributed by atoms with Crippen LogP contribution in [0.3, 0.4) is 0 Å². The van der Waals surface area contributed by atoms with Gasteiger partial charge in [-0.1, -0.05) is 18.2 Å². The number of nitrogens with zero attached hydrogens (tertiary/aromatic N) is 4. The molecular weight excluding hydrogens is 324 g/mol. The molecule has 2 aromatic heterocycles. The van der Waals surface area contributed by atoms with E-state index in [1.165, 1.54) is 0 Å². The van der Waals surface area contributed by atoms with Crippen molar-refractivity contribution in [2.24, 2.45) is 0 Å². The SMILES string of the molecule is O=C(Oc1ccccc1)N1CCN(c2ncnc3ccsc23)CC1. The number of carbonyl (C=O) groups is 1. The lowest BCUT2D eigenvalue weighted by Gasteiger charge is -2.34. The Hall–Kier alpha value is -2.67. The molecule has 0 aliphatic carbocycles. The third-order valence-corrected chi connectivity index (χ3v) is 4.91. The van der Waals surface area contributed by atoms with E-state index in [1.807, 2.05) is 29.6 Å². The molecule has 3 heterocycles. The van der Waals surface area contributed by atoms with Crippen molar-refractivity contribution in [2.45, 2.75) is 0 Å². The van der Waals surface area contributed by atoms with Crippen molar-refractivity contribution in [2.75, 3.05) is 31.1 Å². The van der Waals surface area contributed by atoms with Crippen LogP contribution >= 0.6 is 11.3 Å². The number of piperazine rings is 1. The topological polar surface area (TPSA) is 58.6 Å². The van der Waals surface area contributed by atoms with E-state index < -0.39 is 0 Å². The van der Waals surface area contributed by atoms with Crippen LogP contribution in [0, 0.1) is 0 Å². The van der Waals surface area contributed by atoms with Gasteiger partial charge in [-0.2, -0.15) is 0 Å². The number of rotatable bonds is 2. The number of anilines is 1. The first-order chi connectivity index (χ1) is 11.8. The van der Waals surface area contributed by atoms with Crippen molar-refractivity contribution in [3.05, 3.63) is 48.1 Å². The van der Waals surface area contributed by atoms with Crippen molar-refractivity contribution in [1.82, 2.24) is 14.9 Å². The zero-order valence-electron chi connectivity index (χ0n) is 13.0. The predicted octanol–water partition coefficient (Wildman–Crippen LogP) is 3.01. The summed E-state index contributed by atoms with van der Waals surface area (Å²) >= 11 is 1.64. The van der Waals surface area contributed by atoms with Gasteiger partial charge in [-0.05, 0) is 23.6 Å². The molecule has 7 heteroatoms. The molecular formula is C17H16N4O2S. The van der Waals surface area contributed by atoms with E-state index in [0.29, 0.717) is 18.8 Å². The van der Waals surface area contributed by atoms with E-state index in [9.17, 15) is 4.79 Å². The van der Waals surface area contributed by atoms with Crippen LogP contribution in [0.25, 0.3) is 10.2 Å². The zero-order valence-corrected chi connectivity index (χ0v) is 13.8. The number of fused-ring (bicyclic) bond motifs is 1. The maximum atomic E-state index is 12.2. The molecule has 0 radical (unpaired) electrons. The van der Waals surface area contributed by atoms with Crippen molar-refractivity contribution in [1.29, 1.82) is 0 Å². The highest BCUT2D eigenvalue weighted by Gasteiger charge is 2.24. The Morgan fingerprint density at radius 2 is 1.83 bits per heavy atom. The third-order valence-electron chi connectivity index (χ3n) is 4.01. The van der Waals surface area contributed by atoms with E-state index in [2.05, 4.69) is 14.9 Å². The van der Waals surface area contributed by atoms with E-state index in [1.54, 1.807) is 34.7 Å². The molecule has 0 unspecified atom stereocenters. The highest BCUT2D eigenvalue weighted by atomic mass is 32.1. The van der Waals surface area contributed by atoms with Gasteiger partial charge in [0.2, 0.25) is 0 Å². The standard InChI is InChI=1S/C17H16N4O2S/c22-17(23-13-4-2-1-3-5-13)21-9-7-20(8-10-21)16-15-14(6-11-24-15)18-12-19-16/h1-6,11-12H,7-10H2. The number of benzene rings is 1. The first-order valence-corrected chi connectivity index (χ1v) is 8.64. The van der Waals surface area contributed by atoms with Gasteiger partial charge < -0.3 is 14.5 Å². The maximum absolute atomic E-state index is 12.2. The smallest absolute Gasteiger partial charge is 0.410 e. The maximum Gasteiger partial charge on any atom is 0.415 e. The average Bonchev–Trinajstić information content (AvgIpc) is 3.11. The van der Waals surface area contributed by atoms with Gasteiger partial charge in [0.05, 0.1) is 10.2 Å². The minimum absolute atomic E-state index is 0.301. The summed E-state index contributed by atoms with van der Waals surface area (Å²) < 4.78 is 6.49. The van der Waals surface area contributed by atoms with E-state index in [-0.39, 0.29) is 6.09 Å². The summed E-state index contributed by atoms with van der Waals surface area (Å²) in [5.41, 5.74) is 0.968. The Morgan fingerprint density at radius 3 is 2.62 bits per heavy atom. The average molecular weight is 340 g/mol. The van der Waals surface area contributed by atoms with Gasteiger partial charge >= 0.3 is 6.09 Å². The quantitative estimate of drug-likeness (QED) is 0.718. The molecule has 6 nitrogen and oxygen atoms in total. The number of thiophene rings is 1. The molecule has 0 spiro atoms. The van der Waals surface area contributed by atoms with Gasteiger partial charge in [0, 0.05) is 26.2 Å². The molecule has 1 fully saturated rings. The summed E-state index contributed by atoms with van der Waals surface area (Å²) in [7, 11) is 0. The van der Waals surface area contributed by atoms with Gasteiger partial charge in [0.1, 0.15) is 17.9 Å². The molecule has 1 aromatic carbocycles. The Labute approximate surface area is 143 Å². The second-order valence-electron chi connectivity index (χ2n) is 5.49. The fourth-order valence-electron chi connectivity index (χ4n) is 2.76. The first kappa shape index (κ1) is 14.9. The van der Waals surface area contributed by atoms with Crippen LogP contribution in [0.4, 0.5) is 10.6 Å². The minimum atomic E-state index is -0.301. The largest absolute Gasteiger partial charge is 0.415 e. The molecule has 1 aliphatic heterocycles. The summed E-state index contributed by atoms with van der Waals surface area (Å²) in [4.78, 5) is 24.9. The Kier molecular flexibility index (Phi) is 4.00. The van der Waals surface area contributed by atoms with Crippen molar-refractivity contribution >= 4 is 33.5 Å². The summed E-state index contributed by atoms with van der Waals surface area (Å²) in [6.45, 7) is 2.69. The van der Waals surface area contributed by atoms with E-state index >= 15 is 0 Å². The lowest BCUT2D eigenvalue weighted by atomic mass is 10.3.